The Morgan fingerprint density at radius 2 is 2.10 bits per heavy atom. The van der Waals surface area contributed by atoms with Crippen LogP contribution in [-0.4, -0.2) is 28.0 Å². The van der Waals surface area contributed by atoms with Gasteiger partial charge in [-0.05, 0) is 42.2 Å². The molecule has 2 N–H and O–H groups in total. The van der Waals surface area contributed by atoms with Gasteiger partial charge in [0.05, 0.1) is 11.7 Å². The van der Waals surface area contributed by atoms with E-state index < -0.39 is 5.97 Å². The molecule has 0 radical (unpaired) electrons. The molecule has 0 saturated carbocycles. The van der Waals surface area contributed by atoms with Crippen LogP contribution in [0.1, 0.15) is 37.7 Å². The van der Waals surface area contributed by atoms with Gasteiger partial charge in [-0.1, -0.05) is 19.1 Å². The predicted molar refractivity (Wildman–Crippen MR) is 81.2 cm³/mol. The van der Waals surface area contributed by atoms with Gasteiger partial charge < -0.3 is 10.4 Å². The zero-order chi connectivity index (χ0) is 14.5. The van der Waals surface area contributed by atoms with Crippen LogP contribution in [0.4, 0.5) is 5.69 Å². The highest BCUT2D eigenvalue weighted by Gasteiger charge is 2.23. The molecule has 5 heteroatoms. The van der Waals surface area contributed by atoms with Crippen LogP contribution in [0.2, 0.25) is 0 Å². The molecule has 1 aliphatic rings. The molecule has 108 valence electrons. The smallest absolute Gasteiger partial charge is 0.303 e. The highest BCUT2D eigenvalue weighted by atomic mass is 32.2. The van der Waals surface area contributed by atoms with Gasteiger partial charge in [-0.2, -0.15) is 0 Å². The van der Waals surface area contributed by atoms with E-state index in [1.165, 1.54) is 0 Å². The second-order valence-corrected chi connectivity index (χ2v) is 6.42. The van der Waals surface area contributed by atoms with Crippen LogP contribution in [0.25, 0.3) is 0 Å². The summed E-state index contributed by atoms with van der Waals surface area (Å²) < 4.78 is 0. The molecule has 1 aromatic carbocycles. The average molecular weight is 293 g/mol. The van der Waals surface area contributed by atoms with Crippen molar-refractivity contribution in [1.82, 2.24) is 0 Å². The van der Waals surface area contributed by atoms with Crippen LogP contribution in [0.5, 0.6) is 0 Å². The number of carbonyl (C=O) groups is 2. The monoisotopic (exact) mass is 293 g/mol. The Morgan fingerprint density at radius 1 is 1.40 bits per heavy atom. The summed E-state index contributed by atoms with van der Waals surface area (Å²) >= 11 is 1.71. The quantitative estimate of drug-likeness (QED) is 0.875. The summed E-state index contributed by atoms with van der Waals surface area (Å²) in [5.74, 6) is 0.304. The SMILES string of the molecule is CC(CC(=O)O)c1ccc(NC(=O)C2CCCS2)cc1. The fourth-order valence-electron chi connectivity index (χ4n) is 2.28. The first-order valence-corrected chi connectivity index (χ1v) is 7.85. The second kappa shape index (κ2) is 6.79. The van der Waals surface area contributed by atoms with Crippen molar-refractivity contribution < 1.29 is 14.7 Å². The van der Waals surface area contributed by atoms with Crippen molar-refractivity contribution in [3.63, 3.8) is 0 Å². The molecule has 1 aliphatic heterocycles. The van der Waals surface area contributed by atoms with Gasteiger partial charge in [0, 0.05) is 5.69 Å². The Hall–Kier alpha value is -1.49. The van der Waals surface area contributed by atoms with Crippen LogP contribution < -0.4 is 5.32 Å². The lowest BCUT2D eigenvalue weighted by Gasteiger charge is -2.12. The maximum Gasteiger partial charge on any atom is 0.303 e. The molecule has 2 unspecified atom stereocenters. The first-order chi connectivity index (χ1) is 9.56. The molecule has 2 rings (SSSR count). The Kier molecular flexibility index (Phi) is 5.06. The van der Waals surface area contributed by atoms with Gasteiger partial charge >= 0.3 is 5.97 Å². The Bertz CT molecular complexity index is 480. The lowest BCUT2D eigenvalue weighted by Crippen LogP contribution is -2.22. The minimum Gasteiger partial charge on any atom is -0.481 e. The van der Waals surface area contributed by atoms with Crippen LogP contribution in [-0.2, 0) is 9.59 Å². The van der Waals surface area contributed by atoms with E-state index in [4.69, 9.17) is 5.11 Å². The van der Waals surface area contributed by atoms with Crippen molar-refractivity contribution in [1.29, 1.82) is 0 Å². The number of nitrogens with one attached hydrogen (secondary N) is 1. The van der Waals surface area contributed by atoms with Gasteiger partial charge in [0.25, 0.3) is 0 Å². The van der Waals surface area contributed by atoms with Crippen LogP contribution in [0.3, 0.4) is 0 Å². The number of carbonyl (C=O) groups excluding carboxylic acids is 1. The molecule has 1 heterocycles. The Morgan fingerprint density at radius 3 is 2.65 bits per heavy atom. The standard InChI is InChI=1S/C15H19NO3S/c1-10(9-14(17)18)11-4-6-12(7-5-11)16-15(19)13-3-2-8-20-13/h4-7,10,13H,2-3,8-9H2,1H3,(H,16,19)(H,17,18). The summed E-state index contributed by atoms with van der Waals surface area (Å²) in [6.45, 7) is 1.89. The van der Waals surface area contributed by atoms with Gasteiger partial charge in [0.1, 0.15) is 0 Å². The fraction of sp³-hybridized carbons (Fsp3) is 0.467. The van der Waals surface area contributed by atoms with E-state index in [1.807, 2.05) is 31.2 Å². The number of carboxylic acid groups (broad SMARTS) is 1. The normalized spacial score (nSPS) is 19.6. The van der Waals surface area contributed by atoms with Crippen molar-refractivity contribution in [2.45, 2.75) is 37.4 Å². The molecule has 0 aromatic heterocycles. The van der Waals surface area contributed by atoms with Crippen molar-refractivity contribution in [3.8, 4) is 0 Å². The molecule has 0 spiro atoms. The van der Waals surface area contributed by atoms with Crippen molar-refractivity contribution in [2.24, 2.45) is 0 Å². The maximum atomic E-state index is 12.0. The topological polar surface area (TPSA) is 66.4 Å². The third-order valence-corrected chi connectivity index (χ3v) is 4.83. The van der Waals surface area contributed by atoms with Gasteiger partial charge in [0.2, 0.25) is 5.91 Å². The molecular formula is C15H19NO3S. The van der Waals surface area contributed by atoms with Gasteiger partial charge in [-0.3, -0.25) is 9.59 Å². The number of thioether (sulfide) groups is 1. The number of hydrogen-bond acceptors (Lipinski definition) is 3. The van der Waals surface area contributed by atoms with E-state index in [0.717, 1.165) is 29.8 Å². The molecular weight excluding hydrogens is 274 g/mol. The summed E-state index contributed by atoms with van der Waals surface area (Å²) in [5.41, 5.74) is 1.74. The molecule has 1 fully saturated rings. The third-order valence-electron chi connectivity index (χ3n) is 3.45. The minimum atomic E-state index is -0.798. The fourth-order valence-corrected chi connectivity index (χ4v) is 3.44. The number of aliphatic carboxylic acids is 1. The Labute approximate surface area is 123 Å². The molecule has 4 nitrogen and oxygen atoms in total. The van der Waals surface area contributed by atoms with Crippen molar-refractivity contribution in [2.75, 3.05) is 11.1 Å². The first kappa shape index (κ1) is 14.9. The number of hydrogen-bond donors (Lipinski definition) is 2. The average Bonchev–Trinajstić information content (AvgIpc) is 2.92. The molecule has 1 saturated heterocycles. The van der Waals surface area contributed by atoms with Gasteiger partial charge in [-0.15, -0.1) is 11.8 Å². The van der Waals surface area contributed by atoms with Gasteiger partial charge in [0.15, 0.2) is 0 Å². The number of rotatable bonds is 5. The van der Waals surface area contributed by atoms with Crippen molar-refractivity contribution in [3.05, 3.63) is 29.8 Å². The third kappa shape index (κ3) is 4.00. The lowest BCUT2D eigenvalue weighted by atomic mass is 9.98. The van der Waals surface area contributed by atoms with E-state index in [0.29, 0.717) is 0 Å². The van der Waals surface area contributed by atoms with Crippen LogP contribution in [0, 0.1) is 0 Å². The van der Waals surface area contributed by atoms with Crippen LogP contribution in [0.15, 0.2) is 24.3 Å². The zero-order valence-corrected chi connectivity index (χ0v) is 12.3. The molecule has 1 aromatic rings. The minimum absolute atomic E-state index is 0.0253. The van der Waals surface area contributed by atoms with Gasteiger partial charge in [-0.25, -0.2) is 0 Å². The Balaban J connectivity index is 1.94. The number of carboxylic acids is 1. The van der Waals surface area contributed by atoms with Crippen LogP contribution >= 0.6 is 11.8 Å². The largest absolute Gasteiger partial charge is 0.481 e. The van der Waals surface area contributed by atoms with E-state index in [9.17, 15) is 9.59 Å². The summed E-state index contributed by atoms with van der Waals surface area (Å²) in [6, 6.07) is 7.44. The molecule has 1 amide bonds. The molecule has 20 heavy (non-hydrogen) atoms. The maximum absolute atomic E-state index is 12.0. The number of benzene rings is 1. The highest BCUT2D eigenvalue weighted by Crippen LogP contribution is 2.27. The van der Waals surface area contributed by atoms with Crippen molar-refractivity contribution >= 4 is 29.3 Å². The summed E-state index contributed by atoms with van der Waals surface area (Å²) in [6.07, 6.45) is 2.17. The zero-order valence-electron chi connectivity index (χ0n) is 11.5. The first-order valence-electron chi connectivity index (χ1n) is 6.80. The van der Waals surface area contributed by atoms with E-state index in [1.54, 1.807) is 11.8 Å². The highest BCUT2D eigenvalue weighted by molar-refractivity contribution is 8.00. The second-order valence-electron chi connectivity index (χ2n) is 5.11. The lowest BCUT2D eigenvalue weighted by molar-refractivity contribution is -0.137. The molecule has 2 atom stereocenters. The predicted octanol–water partition coefficient (Wildman–Crippen LogP) is 3.10. The summed E-state index contributed by atoms with van der Waals surface area (Å²) in [4.78, 5) is 22.7. The number of amides is 1. The van der Waals surface area contributed by atoms with E-state index in [-0.39, 0.29) is 23.5 Å². The molecule has 0 bridgehead atoms. The van der Waals surface area contributed by atoms with E-state index in [2.05, 4.69) is 5.32 Å². The molecule has 0 aliphatic carbocycles. The summed E-state index contributed by atoms with van der Waals surface area (Å²) in [7, 11) is 0. The van der Waals surface area contributed by atoms with E-state index >= 15 is 0 Å². The number of anilines is 1. The summed E-state index contributed by atoms with van der Waals surface area (Å²) in [5, 5.41) is 11.8.